The number of sulfone groups is 2. The van der Waals surface area contributed by atoms with E-state index in [1.807, 2.05) is 13.8 Å². The maximum Gasteiger partial charge on any atom is 0.255 e. The number of hydrogen-bond acceptors (Lipinski definition) is 6. The molecule has 1 heterocycles. The summed E-state index contributed by atoms with van der Waals surface area (Å²) >= 11 is 0. The van der Waals surface area contributed by atoms with Crippen LogP contribution in [0.1, 0.15) is 30.6 Å². The number of carbonyl (C=O) groups is 1. The number of amides is 1. The van der Waals surface area contributed by atoms with E-state index in [-0.39, 0.29) is 34.8 Å². The maximum atomic E-state index is 12.6. The third kappa shape index (κ3) is 5.16. The molecule has 156 valence electrons. The Labute approximate surface area is 170 Å². The van der Waals surface area contributed by atoms with E-state index >= 15 is 0 Å². The normalized spacial score (nSPS) is 18.5. The smallest absolute Gasteiger partial charge is 0.255 e. The Kier molecular flexibility index (Phi) is 6.00. The monoisotopic (exact) mass is 437 g/mol. The zero-order valence-corrected chi connectivity index (χ0v) is 17.8. The molecule has 0 saturated carbocycles. The van der Waals surface area contributed by atoms with E-state index < -0.39 is 24.9 Å². The average molecular weight is 438 g/mol. The molecule has 1 fully saturated rings. The second-order valence-electron chi connectivity index (χ2n) is 7.24. The highest BCUT2D eigenvalue weighted by atomic mass is 32.2. The molecule has 29 heavy (non-hydrogen) atoms. The largest absolute Gasteiger partial charge is 0.491 e. The summed E-state index contributed by atoms with van der Waals surface area (Å²) in [6.45, 7) is 3.84. The van der Waals surface area contributed by atoms with Crippen molar-refractivity contribution in [2.45, 2.75) is 36.5 Å². The quantitative estimate of drug-likeness (QED) is 0.745. The van der Waals surface area contributed by atoms with Crippen LogP contribution in [-0.2, 0) is 19.7 Å². The molecule has 1 atom stereocenters. The van der Waals surface area contributed by atoms with Crippen LogP contribution in [-0.4, -0.2) is 45.6 Å². The summed E-state index contributed by atoms with van der Waals surface area (Å²) < 4.78 is 54.0. The third-order valence-corrected chi connectivity index (χ3v) is 8.75. The molecule has 0 radical (unpaired) electrons. The molecular formula is C20H23NO6S2. The van der Waals surface area contributed by atoms with Gasteiger partial charge in [0.1, 0.15) is 5.75 Å². The van der Waals surface area contributed by atoms with Gasteiger partial charge in [-0.05, 0) is 68.8 Å². The van der Waals surface area contributed by atoms with Crippen LogP contribution in [0, 0.1) is 0 Å². The summed E-state index contributed by atoms with van der Waals surface area (Å²) in [6, 6.07) is 12.5. The summed E-state index contributed by atoms with van der Waals surface area (Å²) in [5.74, 6) is -0.150. The van der Waals surface area contributed by atoms with Crippen LogP contribution >= 0.6 is 0 Å². The Bertz CT molecular complexity index is 1090. The zero-order chi connectivity index (χ0) is 21.2. The fourth-order valence-electron chi connectivity index (χ4n) is 3.09. The van der Waals surface area contributed by atoms with Gasteiger partial charge in [0.2, 0.25) is 0 Å². The van der Waals surface area contributed by atoms with Crippen LogP contribution in [0.5, 0.6) is 5.75 Å². The summed E-state index contributed by atoms with van der Waals surface area (Å²) in [4.78, 5) is 12.4. The van der Waals surface area contributed by atoms with Crippen molar-refractivity contribution in [3.8, 4) is 5.75 Å². The SMILES string of the molecule is CC(C)Oc1ccc(NC(=O)c2ccc(S(=O)(=O)C3CCS(=O)(=O)C3)cc2)cc1. The number of hydrogen-bond donors (Lipinski definition) is 1. The fourth-order valence-corrected chi connectivity index (χ4v) is 7.45. The van der Waals surface area contributed by atoms with E-state index in [4.69, 9.17) is 4.74 Å². The molecule has 2 aromatic rings. The fraction of sp³-hybridized carbons (Fsp3) is 0.350. The maximum absolute atomic E-state index is 12.6. The number of ether oxygens (including phenoxy) is 1. The van der Waals surface area contributed by atoms with E-state index in [9.17, 15) is 21.6 Å². The molecule has 0 aromatic heterocycles. The minimum absolute atomic E-state index is 0.0198. The van der Waals surface area contributed by atoms with Crippen molar-refractivity contribution >= 4 is 31.3 Å². The van der Waals surface area contributed by atoms with Gasteiger partial charge >= 0.3 is 0 Å². The number of carbonyl (C=O) groups excluding carboxylic acids is 1. The summed E-state index contributed by atoms with van der Waals surface area (Å²) in [6.07, 6.45) is 0.151. The van der Waals surface area contributed by atoms with Gasteiger partial charge in [-0.25, -0.2) is 16.8 Å². The number of nitrogens with one attached hydrogen (secondary N) is 1. The molecule has 1 saturated heterocycles. The molecule has 0 aliphatic carbocycles. The molecule has 0 bridgehead atoms. The van der Waals surface area contributed by atoms with Crippen molar-refractivity contribution in [2.75, 3.05) is 16.8 Å². The molecule has 0 spiro atoms. The first-order chi connectivity index (χ1) is 13.6. The van der Waals surface area contributed by atoms with E-state index in [1.165, 1.54) is 24.3 Å². The van der Waals surface area contributed by atoms with Crippen molar-refractivity contribution in [1.82, 2.24) is 0 Å². The Morgan fingerprint density at radius 1 is 1.07 bits per heavy atom. The average Bonchev–Trinajstić information content (AvgIpc) is 3.03. The van der Waals surface area contributed by atoms with Gasteiger partial charge in [-0.1, -0.05) is 0 Å². The minimum atomic E-state index is -3.75. The molecule has 3 rings (SSSR count). The van der Waals surface area contributed by atoms with Gasteiger partial charge in [-0.2, -0.15) is 0 Å². The highest BCUT2D eigenvalue weighted by molar-refractivity contribution is 7.96. The lowest BCUT2D eigenvalue weighted by Crippen LogP contribution is -2.22. The van der Waals surface area contributed by atoms with Crippen molar-refractivity contribution in [3.05, 3.63) is 54.1 Å². The first kappa shape index (κ1) is 21.3. The molecule has 1 unspecified atom stereocenters. The van der Waals surface area contributed by atoms with Crippen LogP contribution in [0.15, 0.2) is 53.4 Å². The minimum Gasteiger partial charge on any atom is -0.491 e. The predicted molar refractivity (Wildman–Crippen MR) is 111 cm³/mol. The second kappa shape index (κ2) is 8.16. The summed E-state index contributed by atoms with van der Waals surface area (Å²) in [5, 5.41) is 1.81. The van der Waals surface area contributed by atoms with Gasteiger partial charge in [0.15, 0.2) is 19.7 Å². The van der Waals surface area contributed by atoms with Crippen LogP contribution in [0.4, 0.5) is 5.69 Å². The van der Waals surface area contributed by atoms with Crippen molar-refractivity contribution in [2.24, 2.45) is 0 Å². The second-order valence-corrected chi connectivity index (χ2v) is 11.7. The van der Waals surface area contributed by atoms with E-state index in [2.05, 4.69) is 5.32 Å². The molecule has 1 aliphatic heterocycles. The standard InChI is InChI=1S/C20H23NO6S2/c1-14(2)27-17-7-5-16(6-8-17)21-20(22)15-3-9-18(10-4-15)29(25,26)19-11-12-28(23,24)13-19/h3-10,14,19H,11-13H2,1-2H3,(H,21,22). The molecule has 2 aromatic carbocycles. The van der Waals surface area contributed by atoms with Gasteiger partial charge in [0.25, 0.3) is 5.91 Å². The predicted octanol–water partition coefficient (Wildman–Crippen LogP) is 2.69. The molecular weight excluding hydrogens is 414 g/mol. The van der Waals surface area contributed by atoms with Gasteiger partial charge in [-0.15, -0.1) is 0 Å². The van der Waals surface area contributed by atoms with Crippen LogP contribution in [0.25, 0.3) is 0 Å². The van der Waals surface area contributed by atoms with Crippen molar-refractivity contribution in [3.63, 3.8) is 0 Å². The number of rotatable bonds is 6. The topological polar surface area (TPSA) is 107 Å². The van der Waals surface area contributed by atoms with Crippen LogP contribution in [0.3, 0.4) is 0 Å². The van der Waals surface area contributed by atoms with E-state index in [0.29, 0.717) is 17.0 Å². The molecule has 1 aliphatic rings. The Balaban J connectivity index is 1.69. The third-order valence-electron chi connectivity index (χ3n) is 4.56. The zero-order valence-electron chi connectivity index (χ0n) is 16.2. The Hall–Kier alpha value is -2.39. The lowest BCUT2D eigenvalue weighted by Gasteiger charge is -2.12. The highest BCUT2D eigenvalue weighted by Gasteiger charge is 2.37. The first-order valence-corrected chi connectivity index (χ1v) is 12.6. The lowest BCUT2D eigenvalue weighted by molar-refractivity contribution is 0.102. The summed E-state index contributed by atoms with van der Waals surface area (Å²) in [7, 11) is -7.06. The summed E-state index contributed by atoms with van der Waals surface area (Å²) in [5.41, 5.74) is 0.879. The first-order valence-electron chi connectivity index (χ1n) is 9.19. The number of anilines is 1. The van der Waals surface area contributed by atoms with Crippen molar-refractivity contribution < 1.29 is 26.4 Å². The molecule has 9 heteroatoms. The lowest BCUT2D eigenvalue weighted by atomic mass is 10.2. The Morgan fingerprint density at radius 2 is 1.69 bits per heavy atom. The van der Waals surface area contributed by atoms with Gasteiger partial charge in [-0.3, -0.25) is 4.79 Å². The van der Waals surface area contributed by atoms with Crippen LogP contribution < -0.4 is 10.1 Å². The Morgan fingerprint density at radius 3 is 2.21 bits per heavy atom. The highest BCUT2D eigenvalue weighted by Crippen LogP contribution is 2.26. The molecule has 1 amide bonds. The van der Waals surface area contributed by atoms with Gasteiger partial charge in [0.05, 0.1) is 27.8 Å². The van der Waals surface area contributed by atoms with Gasteiger partial charge < -0.3 is 10.1 Å². The van der Waals surface area contributed by atoms with E-state index in [0.717, 1.165) is 0 Å². The van der Waals surface area contributed by atoms with Crippen LogP contribution in [0.2, 0.25) is 0 Å². The van der Waals surface area contributed by atoms with E-state index in [1.54, 1.807) is 24.3 Å². The molecule has 7 nitrogen and oxygen atoms in total. The van der Waals surface area contributed by atoms with Gasteiger partial charge in [0, 0.05) is 11.3 Å². The number of benzene rings is 2. The van der Waals surface area contributed by atoms with Crippen molar-refractivity contribution in [1.29, 1.82) is 0 Å². The molecule has 1 N–H and O–H groups in total.